The molecule has 11 nitrogen and oxygen atoms in total. The highest BCUT2D eigenvalue weighted by Crippen LogP contribution is 2.55. The number of carbonyl (C=O) groups is 2. The van der Waals surface area contributed by atoms with Gasteiger partial charge in [0.25, 0.3) is 5.91 Å². The van der Waals surface area contributed by atoms with Crippen LogP contribution in [0.25, 0.3) is 0 Å². The van der Waals surface area contributed by atoms with Gasteiger partial charge in [0.15, 0.2) is 42.4 Å². The smallest absolute Gasteiger partial charge is 0.336 e. The average molecular weight is 665 g/mol. The van der Waals surface area contributed by atoms with Crippen LogP contribution in [0.4, 0.5) is 0 Å². The van der Waals surface area contributed by atoms with E-state index in [1.165, 1.54) is 31.8 Å². The molecule has 0 N–H and O–H groups in total. The summed E-state index contributed by atoms with van der Waals surface area (Å²) in [5.74, 6) is -1.29. The number of aryl methyl sites for hydroxylation is 1. The molecule has 1 unspecified atom stereocenters. The molecule has 2 aromatic carbocycles. The third-order valence-electron chi connectivity index (χ3n) is 8.09. The molecular formula is C33H36N4O7S2. The third-order valence-corrected chi connectivity index (χ3v) is 12.9. The highest BCUT2D eigenvalue weighted by Gasteiger charge is 2.68. The Balaban J connectivity index is 1.62. The van der Waals surface area contributed by atoms with Crippen molar-refractivity contribution in [3.8, 4) is 5.88 Å². The predicted octanol–water partition coefficient (Wildman–Crippen LogP) is 4.21. The topological polar surface area (TPSA) is 138 Å². The number of amides is 1. The number of aromatic nitrogens is 3. The number of thioether (sulfide) groups is 1. The van der Waals surface area contributed by atoms with Crippen LogP contribution in [0.2, 0.25) is 0 Å². The number of ketones is 1. The molecule has 3 aromatic rings. The minimum atomic E-state index is -4.33. The monoisotopic (exact) mass is 664 g/mol. The number of sulfone groups is 1. The Morgan fingerprint density at radius 2 is 1.65 bits per heavy atom. The molecule has 1 fully saturated rings. The zero-order chi connectivity index (χ0) is 33.6. The van der Waals surface area contributed by atoms with Crippen molar-refractivity contribution in [3.05, 3.63) is 106 Å². The molecule has 0 bridgehead atoms. The number of ether oxygens (including phenoxy) is 2. The van der Waals surface area contributed by atoms with E-state index in [9.17, 15) is 22.8 Å². The fourth-order valence-electron chi connectivity index (χ4n) is 5.67. The SMILES string of the molecule is C=CCC1(Sc2nc(=O)c(OC(c3ccccc3)c3ccccc3)nn2C)C(C)=C(C(=O)C(C)(C)C)N2C(=O)[C@H](OC)[C@H]2S1(=O)=O. The summed E-state index contributed by atoms with van der Waals surface area (Å²) < 4.78 is 39.9. The first-order valence-corrected chi connectivity index (χ1v) is 16.9. The number of methoxy groups -OCH3 is 1. The number of fused-ring (bicyclic) bond motifs is 1. The molecule has 1 saturated heterocycles. The summed E-state index contributed by atoms with van der Waals surface area (Å²) in [5, 5.41) is 2.90. The first-order valence-electron chi connectivity index (χ1n) is 14.6. The van der Waals surface area contributed by atoms with E-state index in [0.29, 0.717) is 0 Å². The van der Waals surface area contributed by atoms with Gasteiger partial charge in [-0.15, -0.1) is 11.7 Å². The zero-order valence-electron chi connectivity index (χ0n) is 26.5. The van der Waals surface area contributed by atoms with Gasteiger partial charge < -0.3 is 9.47 Å². The summed E-state index contributed by atoms with van der Waals surface area (Å²) in [4.78, 5) is 45.6. The fraction of sp³-hybridized carbons (Fsp3) is 0.364. The van der Waals surface area contributed by atoms with Gasteiger partial charge in [0.05, 0.1) is 5.70 Å². The van der Waals surface area contributed by atoms with Crippen LogP contribution < -0.4 is 10.3 Å². The zero-order valence-corrected chi connectivity index (χ0v) is 28.1. The van der Waals surface area contributed by atoms with Crippen LogP contribution in [-0.2, 0) is 31.2 Å². The normalized spacial score (nSPS) is 22.3. The maximum Gasteiger partial charge on any atom is 0.336 e. The molecule has 5 rings (SSSR count). The van der Waals surface area contributed by atoms with Crippen molar-refractivity contribution >= 4 is 33.3 Å². The number of Topliss-reactive ketones (excluding diaryl/α,β-unsaturated/α-hetero) is 1. The number of rotatable bonds is 10. The molecule has 46 heavy (non-hydrogen) atoms. The van der Waals surface area contributed by atoms with Crippen molar-refractivity contribution in [2.45, 2.75) is 60.9 Å². The highest BCUT2D eigenvalue weighted by atomic mass is 32.3. The molecule has 2 aliphatic heterocycles. The van der Waals surface area contributed by atoms with E-state index >= 15 is 0 Å². The summed E-state index contributed by atoms with van der Waals surface area (Å²) in [7, 11) is -1.55. The van der Waals surface area contributed by atoms with E-state index in [2.05, 4.69) is 16.7 Å². The van der Waals surface area contributed by atoms with Gasteiger partial charge in [-0.2, -0.15) is 4.98 Å². The van der Waals surface area contributed by atoms with E-state index in [1.807, 2.05) is 60.7 Å². The second kappa shape index (κ2) is 12.3. The summed E-state index contributed by atoms with van der Waals surface area (Å²) in [6, 6.07) is 18.7. The van der Waals surface area contributed by atoms with Crippen LogP contribution in [0, 0.1) is 5.41 Å². The lowest BCUT2D eigenvalue weighted by Gasteiger charge is -2.54. The van der Waals surface area contributed by atoms with Gasteiger partial charge in [-0.05, 0) is 30.0 Å². The predicted molar refractivity (Wildman–Crippen MR) is 174 cm³/mol. The number of hydrogen-bond acceptors (Lipinski definition) is 10. The van der Waals surface area contributed by atoms with Crippen LogP contribution >= 0.6 is 11.8 Å². The first-order chi connectivity index (χ1) is 21.7. The Kier molecular flexibility index (Phi) is 8.88. The van der Waals surface area contributed by atoms with Gasteiger partial charge in [0, 0.05) is 19.6 Å². The Bertz CT molecular complexity index is 1850. The quantitative estimate of drug-likeness (QED) is 0.229. The molecule has 0 aliphatic carbocycles. The van der Waals surface area contributed by atoms with Gasteiger partial charge in [-0.3, -0.25) is 19.3 Å². The lowest BCUT2D eigenvalue weighted by molar-refractivity contribution is -0.161. The van der Waals surface area contributed by atoms with E-state index in [1.54, 1.807) is 20.8 Å². The molecule has 0 spiro atoms. The van der Waals surface area contributed by atoms with E-state index in [4.69, 9.17) is 9.47 Å². The molecule has 0 radical (unpaired) electrons. The Hall–Kier alpha value is -4.07. The lowest BCUT2D eigenvalue weighted by atomic mass is 9.85. The number of hydrogen-bond donors (Lipinski definition) is 0. The van der Waals surface area contributed by atoms with Gasteiger partial charge >= 0.3 is 11.4 Å². The van der Waals surface area contributed by atoms with Crippen molar-refractivity contribution < 1.29 is 27.5 Å². The Morgan fingerprint density at radius 3 is 2.15 bits per heavy atom. The average Bonchev–Trinajstić information content (AvgIpc) is 3.01. The van der Waals surface area contributed by atoms with Crippen LogP contribution in [0.5, 0.6) is 5.88 Å². The summed E-state index contributed by atoms with van der Waals surface area (Å²) in [6.45, 7) is 10.4. The molecule has 3 atom stereocenters. The summed E-state index contributed by atoms with van der Waals surface area (Å²) in [6.07, 6.45) is -0.694. The molecule has 0 saturated carbocycles. The van der Waals surface area contributed by atoms with Crippen LogP contribution in [-0.4, -0.2) is 62.4 Å². The van der Waals surface area contributed by atoms with Crippen molar-refractivity contribution in [2.75, 3.05) is 7.11 Å². The lowest BCUT2D eigenvalue weighted by Crippen LogP contribution is -2.74. The van der Waals surface area contributed by atoms with Gasteiger partial charge in [-0.25, -0.2) is 13.1 Å². The second-order valence-corrected chi connectivity index (χ2v) is 15.9. The van der Waals surface area contributed by atoms with Crippen molar-refractivity contribution in [1.82, 2.24) is 19.7 Å². The largest absolute Gasteiger partial charge is 0.460 e. The van der Waals surface area contributed by atoms with E-state index < -0.39 is 54.2 Å². The maximum atomic E-state index is 14.5. The molecule has 1 amide bonds. The number of carbonyl (C=O) groups excluding carboxylic acids is 2. The Morgan fingerprint density at radius 1 is 1.09 bits per heavy atom. The molecule has 13 heteroatoms. The number of β-lactam (4-membered cyclic amide) rings is 1. The summed E-state index contributed by atoms with van der Waals surface area (Å²) in [5.41, 5.74) is -0.0324. The number of benzene rings is 2. The third kappa shape index (κ3) is 5.39. The maximum absolute atomic E-state index is 14.5. The molecular weight excluding hydrogens is 629 g/mol. The van der Waals surface area contributed by atoms with Crippen molar-refractivity contribution in [1.29, 1.82) is 0 Å². The standard InChI is InChI=1S/C33H36N4O7S2/c1-8-19-33(20(2)23(26(38)32(3,4)5)37-29(40)25(43-7)30(37)46(33,41)42)45-31-34-27(39)28(35-36(31)6)44-24(21-15-11-9-12-16-21)22-17-13-10-14-18-22/h8-18,24-25,30H,1,19H2,2-7H3/t25-,30+,33?/m0/s1. The molecule has 242 valence electrons. The van der Waals surface area contributed by atoms with Crippen molar-refractivity contribution in [2.24, 2.45) is 12.5 Å². The van der Waals surface area contributed by atoms with Crippen LogP contribution in [0.1, 0.15) is 51.3 Å². The summed E-state index contributed by atoms with van der Waals surface area (Å²) >= 11 is 0.769. The van der Waals surface area contributed by atoms with Gasteiger partial charge in [-0.1, -0.05) is 99.3 Å². The molecule has 1 aromatic heterocycles. The Labute approximate surface area is 272 Å². The van der Waals surface area contributed by atoms with Crippen LogP contribution in [0.15, 0.2) is 94.5 Å². The minimum Gasteiger partial charge on any atom is -0.460 e. The molecule has 3 heterocycles. The second-order valence-electron chi connectivity index (χ2n) is 12.1. The van der Waals surface area contributed by atoms with Gasteiger partial charge in [0.2, 0.25) is 0 Å². The fourth-order valence-corrected chi connectivity index (χ4v) is 10.0. The van der Waals surface area contributed by atoms with Gasteiger partial charge in [0.1, 0.15) is 0 Å². The highest BCUT2D eigenvalue weighted by molar-refractivity contribution is 8.15. The number of allylic oxidation sites excluding steroid dienone is 2. The number of nitrogens with zero attached hydrogens (tertiary/aromatic N) is 4. The van der Waals surface area contributed by atoms with Crippen molar-refractivity contribution in [3.63, 3.8) is 0 Å². The molecule has 2 aliphatic rings. The van der Waals surface area contributed by atoms with E-state index in [0.717, 1.165) is 27.8 Å². The first kappa shape index (κ1) is 33.3. The van der Waals surface area contributed by atoms with E-state index in [-0.39, 0.29) is 28.7 Å². The minimum absolute atomic E-state index is 0.00792. The van der Waals surface area contributed by atoms with Crippen LogP contribution in [0.3, 0.4) is 0 Å².